The van der Waals surface area contributed by atoms with Crippen molar-refractivity contribution < 1.29 is 0 Å². The maximum atomic E-state index is 2.41. The average Bonchev–Trinajstić information content (AvgIpc) is 3.45. The van der Waals surface area contributed by atoms with Gasteiger partial charge in [-0.15, -0.1) is 0 Å². The molecule has 0 saturated carbocycles. The van der Waals surface area contributed by atoms with Crippen molar-refractivity contribution in [3.05, 3.63) is 211 Å². The minimum absolute atomic E-state index is 0.0650. The highest BCUT2D eigenvalue weighted by atomic mass is 15.1. The van der Waals surface area contributed by atoms with Gasteiger partial charge in [0.1, 0.15) is 0 Å². The van der Waals surface area contributed by atoms with E-state index in [1.54, 1.807) is 0 Å². The largest absolute Gasteiger partial charge is 0.311 e. The maximum Gasteiger partial charge on any atom is 0.0462 e. The molecule has 1 aliphatic carbocycles. The molecule has 248 valence electrons. The number of nitrogens with zero attached hydrogens (tertiary/aromatic N) is 1. The zero-order valence-electron chi connectivity index (χ0n) is 29.5. The molecule has 0 heterocycles. The lowest BCUT2D eigenvalue weighted by molar-refractivity contribution is 0.660. The summed E-state index contributed by atoms with van der Waals surface area (Å²) < 4.78 is 0. The van der Waals surface area contributed by atoms with Gasteiger partial charge in [-0.3, -0.25) is 0 Å². The Morgan fingerprint density at radius 2 is 0.712 bits per heavy atom. The summed E-state index contributed by atoms with van der Waals surface area (Å²) in [6, 6.07) is 72.6. The van der Waals surface area contributed by atoms with Crippen molar-refractivity contribution in [2.75, 3.05) is 4.90 Å². The van der Waals surface area contributed by atoms with Crippen molar-refractivity contribution >= 4 is 17.1 Å². The molecular formula is C51H39N. The molecule has 0 N–H and O–H groups in total. The van der Waals surface area contributed by atoms with Crippen LogP contribution in [0.4, 0.5) is 17.1 Å². The highest BCUT2D eigenvalue weighted by Gasteiger charge is 2.37. The number of anilines is 3. The summed E-state index contributed by atoms with van der Waals surface area (Å²) in [5.41, 5.74) is 18.6. The van der Waals surface area contributed by atoms with E-state index in [1.807, 2.05) is 0 Å². The number of benzene rings is 8. The molecule has 0 spiro atoms. The third-order valence-corrected chi connectivity index (χ3v) is 10.7. The Morgan fingerprint density at radius 1 is 0.308 bits per heavy atom. The molecule has 0 fully saturated rings. The molecule has 0 atom stereocenters. The van der Waals surface area contributed by atoms with Crippen LogP contribution in [0.15, 0.2) is 200 Å². The summed E-state index contributed by atoms with van der Waals surface area (Å²) in [6.45, 7) is 4.71. The number of hydrogen-bond donors (Lipinski definition) is 0. The van der Waals surface area contributed by atoms with E-state index in [9.17, 15) is 0 Å². The molecule has 0 aromatic heterocycles. The lowest BCUT2D eigenvalue weighted by Crippen LogP contribution is -2.14. The van der Waals surface area contributed by atoms with E-state index in [0.29, 0.717) is 0 Å². The summed E-state index contributed by atoms with van der Waals surface area (Å²) in [7, 11) is 0. The molecule has 8 aromatic carbocycles. The van der Waals surface area contributed by atoms with Gasteiger partial charge >= 0.3 is 0 Å². The lowest BCUT2D eigenvalue weighted by Gasteiger charge is -2.26. The Balaban J connectivity index is 1.10. The van der Waals surface area contributed by atoms with E-state index in [-0.39, 0.29) is 5.41 Å². The second kappa shape index (κ2) is 13.0. The fraction of sp³-hybridized carbons (Fsp3) is 0.0588. The zero-order chi connectivity index (χ0) is 35.1. The quantitative estimate of drug-likeness (QED) is 0.164. The van der Waals surface area contributed by atoms with Gasteiger partial charge < -0.3 is 4.90 Å². The van der Waals surface area contributed by atoms with Crippen molar-refractivity contribution in [3.8, 4) is 55.6 Å². The third kappa shape index (κ3) is 5.61. The topological polar surface area (TPSA) is 3.24 Å². The van der Waals surface area contributed by atoms with E-state index in [2.05, 4.69) is 219 Å². The zero-order valence-corrected chi connectivity index (χ0v) is 29.5. The molecule has 1 heteroatoms. The summed E-state index contributed by atoms with van der Waals surface area (Å²) in [4.78, 5) is 2.35. The van der Waals surface area contributed by atoms with E-state index in [4.69, 9.17) is 0 Å². The Morgan fingerprint density at radius 3 is 1.19 bits per heavy atom. The second-order valence-electron chi connectivity index (χ2n) is 14.2. The Kier molecular flexibility index (Phi) is 7.90. The SMILES string of the molecule is CC1(C)c2ccc(-c3ccc(N(c4ccc(-c5ccccc5)cc4)c4ccc(-c5ccccc5)cc4)cc3)cc2-c2c(-c3ccccc3)cccc21. The molecule has 52 heavy (non-hydrogen) atoms. The molecule has 1 nitrogen and oxygen atoms in total. The van der Waals surface area contributed by atoms with Crippen molar-refractivity contribution in [2.24, 2.45) is 0 Å². The van der Waals surface area contributed by atoms with Gasteiger partial charge in [-0.25, -0.2) is 0 Å². The van der Waals surface area contributed by atoms with Crippen LogP contribution < -0.4 is 4.90 Å². The van der Waals surface area contributed by atoms with Gasteiger partial charge in [0.15, 0.2) is 0 Å². The van der Waals surface area contributed by atoms with Crippen molar-refractivity contribution in [1.82, 2.24) is 0 Å². The minimum Gasteiger partial charge on any atom is -0.311 e. The second-order valence-corrected chi connectivity index (χ2v) is 14.2. The molecule has 0 amide bonds. The Hall–Kier alpha value is -6.44. The third-order valence-electron chi connectivity index (χ3n) is 10.7. The van der Waals surface area contributed by atoms with Crippen molar-refractivity contribution in [2.45, 2.75) is 19.3 Å². The van der Waals surface area contributed by atoms with Crippen molar-refractivity contribution in [1.29, 1.82) is 0 Å². The van der Waals surface area contributed by atoms with Crippen LogP contribution in [0.3, 0.4) is 0 Å². The lowest BCUT2D eigenvalue weighted by atomic mass is 9.81. The van der Waals surface area contributed by atoms with Crippen LogP contribution in [0.25, 0.3) is 55.6 Å². The Labute approximate surface area is 307 Å². The van der Waals surface area contributed by atoms with Gasteiger partial charge in [0.25, 0.3) is 0 Å². The van der Waals surface area contributed by atoms with Crippen LogP contribution in [-0.4, -0.2) is 0 Å². The van der Waals surface area contributed by atoms with Crippen molar-refractivity contribution in [3.63, 3.8) is 0 Å². The first-order chi connectivity index (χ1) is 25.5. The van der Waals surface area contributed by atoms with Gasteiger partial charge in [-0.1, -0.05) is 172 Å². The normalized spacial score (nSPS) is 12.6. The van der Waals surface area contributed by atoms with Crippen LogP contribution in [0.2, 0.25) is 0 Å². The summed E-state index contributed by atoms with van der Waals surface area (Å²) in [5, 5.41) is 0. The highest BCUT2D eigenvalue weighted by molar-refractivity contribution is 5.94. The first-order valence-electron chi connectivity index (χ1n) is 18.1. The molecule has 0 aliphatic heterocycles. The van der Waals surface area contributed by atoms with E-state index in [0.717, 1.165) is 17.1 Å². The van der Waals surface area contributed by atoms with Crippen LogP contribution in [0.5, 0.6) is 0 Å². The van der Waals surface area contributed by atoms with Crippen LogP contribution >= 0.6 is 0 Å². The van der Waals surface area contributed by atoms with Crippen LogP contribution in [0, 0.1) is 0 Å². The standard InChI is InChI=1S/C51H39N/c1-51(2)48-34-27-42(35-47(48)50-46(19-12-20-49(50)51)41-17-10-5-11-18-41)40-25-32-45(33-26-40)52(43-28-21-38(22-29-43)36-13-6-3-7-14-36)44-30-23-39(24-31-44)37-15-8-4-9-16-37/h3-35H,1-2H3. The number of fused-ring (bicyclic) bond motifs is 3. The fourth-order valence-electron chi connectivity index (χ4n) is 7.96. The molecule has 1 aliphatic rings. The maximum absolute atomic E-state index is 2.41. The molecule has 8 aromatic rings. The van der Waals surface area contributed by atoms with Gasteiger partial charge in [-0.05, 0) is 109 Å². The highest BCUT2D eigenvalue weighted by Crippen LogP contribution is 2.53. The Bertz CT molecular complexity index is 2400. The van der Waals surface area contributed by atoms with Gasteiger partial charge in [-0.2, -0.15) is 0 Å². The number of hydrogen-bond acceptors (Lipinski definition) is 1. The summed E-state index contributed by atoms with van der Waals surface area (Å²) in [6.07, 6.45) is 0. The molecule has 0 bridgehead atoms. The molecule has 0 radical (unpaired) electrons. The van der Waals surface area contributed by atoms with E-state index >= 15 is 0 Å². The van der Waals surface area contributed by atoms with E-state index < -0.39 is 0 Å². The van der Waals surface area contributed by atoms with Gasteiger partial charge in [0, 0.05) is 22.5 Å². The first kappa shape index (κ1) is 31.5. The van der Waals surface area contributed by atoms with E-state index in [1.165, 1.54) is 66.8 Å². The first-order valence-corrected chi connectivity index (χ1v) is 18.1. The van der Waals surface area contributed by atoms with Crippen LogP contribution in [0.1, 0.15) is 25.0 Å². The monoisotopic (exact) mass is 665 g/mol. The molecule has 9 rings (SSSR count). The van der Waals surface area contributed by atoms with Gasteiger partial charge in [0.05, 0.1) is 0 Å². The summed E-state index contributed by atoms with van der Waals surface area (Å²) in [5.74, 6) is 0. The smallest absolute Gasteiger partial charge is 0.0462 e. The minimum atomic E-state index is -0.0650. The average molecular weight is 666 g/mol. The molecule has 0 saturated heterocycles. The molecule has 0 unspecified atom stereocenters. The number of rotatable bonds is 7. The predicted molar refractivity (Wildman–Crippen MR) is 220 cm³/mol. The van der Waals surface area contributed by atoms with Crippen LogP contribution in [-0.2, 0) is 5.41 Å². The molecular weight excluding hydrogens is 627 g/mol. The summed E-state index contributed by atoms with van der Waals surface area (Å²) >= 11 is 0. The fourth-order valence-corrected chi connectivity index (χ4v) is 7.96. The van der Waals surface area contributed by atoms with Gasteiger partial charge in [0.2, 0.25) is 0 Å². The predicted octanol–water partition coefficient (Wildman–Crippen LogP) is 14.1.